The molecule has 122 valence electrons. The molecule has 3 atom stereocenters. The highest BCUT2D eigenvalue weighted by Crippen LogP contribution is 2.36. The summed E-state index contributed by atoms with van der Waals surface area (Å²) >= 11 is 0. The Morgan fingerprint density at radius 2 is 1.81 bits per heavy atom. The fourth-order valence-corrected chi connectivity index (χ4v) is 4.68. The Hall–Kier alpha value is -0.0800. The summed E-state index contributed by atoms with van der Waals surface area (Å²) in [5.74, 6) is 2.92. The van der Waals surface area contributed by atoms with E-state index in [2.05, 4.69) is 24.1 Å². The second kappa shape index (κ2) is 7.46. The lowest BCUT2D eigenvalue weighted by molar-refractivity contribution is 0.108. The molecule has 1 N–H and O–H groups in total. The smallest absolute Gasteiger partial charge is 0.0195 e. The third-order valence-corrected chi connectivity index (χ3v) is 5.88. The van der Waals surface area contributed by atoms with Crippen LogP contribution in [0.2, 0.25) is 0 Å². The van der Waals surface area contributed by atoms with Crippen LogP contribution in [0.5, 0.6) is 0 Å². The van der Waals surface area contributed by atoms with E-state index in [4.69, 9.17) is 0 Å². The van der Waals surface area contributed by atoms with E-state index in [1.54, 1.807) is 0 Å². The molecule has 0 aromatic rings. The number of nitrogens with zero attached hydrogens (tertiary/aromatic N) is 1. The van der Waals surface area contributed by atoms with Gasteiger partial charge in [-0.1, -0.05) is 26.7 Å². The van der Waals surface area contributed by atoms with E-state index >= 15 is 0 Å². The highest BCUT2D eigenvalue weighted by Gasteiger charge is 2.33. The lowest BCUT2D eigenvalue weighted by Crippen LogP contribution is -2.46. The summed E-state index contributed by atoms with van der Waals surface area (Å²) < 4.78 is 0. The minimum Gasteiger partial charge on any atom is -0.313 e. The fraction of sp³-hybridized carbons (Fsp3) is 1.00. The Morgan fingerprint density at radius 1 is 0.952 bits per heavy atom. The Morgan fingerprint density at radius 3 is 2.48 bits per heavy atom. The SMILES string of the molecule is CC(C)CC1CCCC(N(CC2CC2)CC2CCCN2)C1. The molecule has 0 aromatic carbocycles. The first-order valence-corrected chi connectivity index (χ1v) is 9.68. The van der Waals surface area contributed by atoms with Crippen molar-refractivity contribution in [2.45, 2.75) is 83.7 Å². The largest absolute Gasteiger partial charge is 0.313 e. The quantitative estimate of drug-likeness (QED) is 0.761. The van der Waals surface area contributed by atoms with Crippen molar-refractivity contribution in [2.24, 2.45) is 17.8 Å². The molecule has 0 radical (unpaired) electrons. The second-order valence-corrected chi connectivity index (χ2v) is 8.51. The molecule has 3 unspecified atom stereocenters. The van der Waals surface area contributed by atoms with E-state index in [0.29, 0.717) is 0 Å². The van der Waals surface area contributed by atoms with Crippen molar-refractivity contribution in [3.8, 4) is 0 Å². The highest BCUT2D eigenvalue weighted by molar-refractivity contribution is 4.88. The zero-order chi connectivity index (χ0) is 14.7. The van der Waals surface area contributed by atoms with Gasteiger partial charge in [-0.2, -0.15) is 0 Å². The maximum Gasteiger partial charge on any atom is 0.0195 e. The summed E-state index contributed by atoms with van der Waals surface area (Å²) in [4.78, 5) is 2.91. The summed E-state index contributed by atoms with van der Waals surface area (Å²) in [6, 6.07) is 1.68. The highest BCUT2D eigenvalue weighted by atomic mass is 15.2. The van der Waals surface area contributed by atoms with Crippen LogP contribution in [0.4, 0.5) is 0 Å². The summed E-state index contributed by atoms with van der Waals surface area (Å²) in [5, 5.41) is 3.72. The Balaban J connectivity index is 1.55. The van der Waals surface area contributed by atoms with Gasteiger partial charge in [-0.3, -0.25) is 4.90 Å². The molecule has 0 spiro atoms. The van der Waals surface area contributed by atoms with E-state index in [0.717, 1.165) is 29.8 Å². The van der Waals surface area contributed by atoms with E-state index in [9.17, 15) is 0 Å². The third kappa shape index (κ3) is 4.96. The molecule has 3 aliphatic rings. The van der Waals surface area contributed by atoms with Gasteiger partial charge in [0.05, 0.1) is 0 Å². The topological polar surface area (TPSA) is 15.3 Å². The van der Waals surface area contributed by atoms with Crippen LogP contribution in [-0.4, -0.2) is 36.6 Å². The second-order valence-electron chi connectivity index (χ2n) is 8.51. The number of rotatable bonds is 7. The van der Waals surface area contributed by atoms with Crippen LogP contribution in [0.25, 0.3) is 0 Å². The Bertz CT molecular complexity index is 305. The standard InChI is InChI=1S/C19H36N2/c1-15(2)11-17-5-3-7-19(12-17)21(13-16-8-9-16)14-18-6-4-10-20-18/h15-20H,3-14H2,1-2H3. The van der Waals surface area contributed by atoms with E-state index < -0.39 is 0 Å². The third-order valence-electron chi connectivity index (χ3n) is 5.88. The Labute approximate surface area is 132 Å². The molecular weight excluding hydrogens is 256 g/mol. The minimum absolute atomic E-state index is 0.786. The first kappa shape index (κ1) is 15.8. The fourth-order valence-electron chi connectivity index (χ4n) is 4.68. The van der Waals surface area contributed by atoms with Crippen molar-refractivity contribution in [3.63, 3.8) is 0 Å². The molecule has 3 fully saturated rings. The van der Waals surface area contributed by atoms with Crippen LogP contribution in [0, 0.1) is 17.8 Å². The van der Waals surface area contributed by atoms with E-state index in [-0.39, 0.29) is 0 Å². The minimum atomic E-state index is 0.786. The van der Waals surface area contributed by atoms with Crippen LogP contribution in [0.3, 0.4) is 0 Å². The van der Waals surface area contributed by atoms with Gasteiger partial charge in [-0.15, -0.1) is 0 Å². The van der Waals surface area contributed by atoms with Crippen molar-refractivity contribution < 1.29 is 0 Å². The van der Waals surface area contributed by atoms with Crippen molar-refractivity contribution >= 4 is 0 Å². The van der Waals surface area contributed by atoms with Crippen LogP contribution >= 0.6 is 0 Å². The van der Waals surface area contributed by atoms with Crippen molar-refractivity contribution in [1.29, 1.82) is 0 Å². The number of nitrogens with one attached hydrogen (secondary N) is 1. The maximum absolute atomic E-state index is 3.72. The van der Waals surface area contributed by atoms with Crippen LogP contribution in [-0.2, 0) is 0 Å². The molecule has 1 aliphatic heterocycles. The molecule has 0 bridgehead atoms. The number of hydrogen-bond acceptors (Lipinski definition) is 2. The summed E-state index contributed by atoms with van der Waals surface area (Å²) in [7, 11) is 0. The molecule has 1 heterocycles. The van der Waals surface area contributed by atoms with Gasteiger partial charge in [0, 0.05) is 25.2 Å². The van der Waals surface area contributed by atoms with Crippen molar-refractivity contribution in [3.05, 3.63) is 0 Å². The predicted octanol–water partition coefficient (Wildman–Crippen LogP) is 4.06. The number of hydrogen-bond donors (Lipinski definition) is 1. The lowest BCUT2D eigenvalue weighted by atomic mass is 9.80. The van der Waals surface area contributed by atoms with E-state index in [1.807, 2.05) is 0 Å². The van der Waals surface area contributed by atoms with Gasteiger partial charge in [0.1, 0.15) is 0 Å². The van der Waals surface area contributed by atoms with Crippen LogP contribution in [0.1, 0.15) is 71.6 Å². The average Bonchev–Trinajstić information content (AvgIpc) is 3.11. The van der Waals surface area contributed by atoms with Gasteiger partial charge in [0.25, 0.3) is 0 Å². The molecule has 1 saturated heterocycles. The molecule has 2 saturated carbocycles. The zero-order valence-corrected chi connectivity index (χ0v) is 14.3. The first-order valence-electron chi connectivity index (χ1n) is 9.68. The molecule has 3 rings (SSSR count). The van der Waals surface area contributed by atoms with Gasteiger partial charge in [0.2, 0.25) is 0 Å². The van der Waals surface area contributed by atoms with Crippen LogP contribution < -0.4 is 5.32 Å². The van der Waals surface area contributed by atoms with E-state index in [1.165, 1.54) is 77.4 Å². The van der Waals surface area contributed by atoms with Crippen molar-refractivity contribution in [1.82, 2.24) is 10.2 Å². The normalized spacial score (nSPS) is 34.0. The molecule has 21 heavy (non-hydrogen) atoms. The predicted molar refractivity (Wildman–Crippen MR) is 90.5 cm³/mol. The summed E-state index contributed by atoms with van der Waals surface area (Å²) in [6.45, 7) is 8.78. The van der Waals surface area contributed by atoms with Gasteiger partial charge in [-0.25, -0.2) is 0 Å². The van der Waals surface area contributed by atoms with Crippen LogP contribution in [0.15, 0.2) is 0 Å². The molecule has 2 nitrogen and oxygen atoms in total. The zero-order valence-electron chi connectivity index (χ0n) is 14.3. The van der Waals surface area contributed by atoms with Gasteiger partial charge in [0.15, 0.2) is 0 Å². The monoisotopic (exact) mass is 292 g/mol. The Kier molecular flexibility index (Phi) is 5.61. The summed E-state index contributed by atoms with van der Waals surface area (Å²) in [5.41, 5.74) is 0. The lowest BCUT2D eigenvalue weighted by Gasteiger charge is -2.39. The van der Waals surface area contributed by atoms with Gasteiger partial charge < -0.3 is 5.32 Å². The molecule has 0 amide bonds. The first-order chi connectivity index (χ1) is 10.2. The molecule has 0 aromatic heterocycles. The van der Waals surface area contributed by atoms with Crippen molar-refractivity contribution in [2.75, 3.05) is 19.6 Å². The average molecular weight is 293 g/mol. The molecular formula is C19H36N2. The maximum atomic E-state index is 3.72. The van der Waals surface area contributed by atoms with Gasteiger partial charge in [-0.05, 0) is 69.2 Å². The molecule has 2 aliphatic carbocycles. The summed E-state index contributed by atoms with van der Waals surface area (Å²) in [6.07, 6.45) is 13.2. The molecule has 2 heteroatoms. The van der Waals surface area contributed by atoms with Gasteiger partial charge >= 0.3 is 0 Å².